The van der Waals surface area contributed by atoms with Gasteiger partial charge in [0.1, 0.15) is 17.2 Å². The molecule has 132 valence electrons. The number of hydrogen-bond acceptors (Lipinski definition) is 6. The Bertz CT molecular complexity index is 699. The van der Waals surface area contributed by atoms with Gasteiger partial charge in [-0.2, -0.15) is 0 Å². The zero-order valence-electron chi connectivity index (χ0n) is 14.5. The number of carbonyl (C=O) groups is 1. The van der Waals surface area contributed by atoms with E-state index in [0.29, 0.717) is 41.7 Å². The number of methoxy groups -OCH3 is 1. The molecule has 2 aromatic rings. The third-order valence-corrected chi connectivity index (χ3v) is 3.16. The summed E-state index contributed by atoms with van der Waals surface area (Å²) in [4.78, 5) is 12.4. The van der Waals surface area contributed by atoms with E-state index < -0.39 is 0 Å². The lowest BCUT2D eigenvalue weighted by atomic mass is 10.2. The van der Waals surface area contributed by atoms with E-state index in [0.717, 1.165) is 0 Å². The van der Waals surface area contributed by atoms with Crippen LogP contribution in [0.5, 0.6) is 17.2 Å². The Morgan fingerprint density at radius 2 is 1.56 bits per heavy atom. The Hall–Kier alpha value is -3.27. The standard InChI is InChI=1S/C18H21NO4.N2/c1-4-22-15-10-11-17(23-5-2)16(12-15)19-18(20)13-6-8-14(21-3)9-7-13;1-2/h6-12H,4-5H2,1-3H3,(H,19,20);. The summed E-state index contributed by atoms with van der Waals surface area (Å²) in [5, 5.41) is 14.9. The molecule has 0 atom stereocenters. The minimum absolute atomic E-state index is 0.220. The van der Waals surface area contributed by atoms with Crippen LogP contribution in [0.4, 0.5) is 5.69 Å². The number of benzene rings is 2. The second-order valence-electron chi connectivity index (χ2n) is 4.71. The number of rotatable bonds is 7. The summed E-state index contributed by atoms with van der Waals surface area (Å²) in [5.41, 5.74) is 1.12. The molecule has 0 aliphatic heterocycles. The maximum absolute atomic E-state index is 12.4. The van der Waals surface area contributed by atoms with E-state index in [-0.39, 0.29) is 5.91 Å². The molecule has 0 aliphatic carbocycles. The predicted octanol–water partition coefficient (Wildman–Crippen LogP) is 3.78. The van der Waals surface area contributed by atoms with Crippen molar-refractivity contribution in [2.45, 2.75) is 13.8 Å². The topological polar surface area (TPSA) is 104 Å². The molecule has 0 saturated carbocycles. The number of anilines is 1. The molecule has 0 saturated heterocycles. The predicted molar refractivity (Wildman–Crippen MR) is 93.2 cm³/mol. The van der Waals surface area contributed by atoms with Crippen LogP contribution in [0.15, 0.2) is 42.5 Å². The third kappa shape index (κ3) is 5.70. The lowest BCUT2D eigenvalue weighted by Gasteiger charge is -2.13. The molecule has 7 nitrogen and oxygen atoms in total. The normalized spacial score (nSPS) is 9.32. The number of nitrogens with one attached hydrogen (secondary N) is 1. The van der Waals surface area contributed by atoms with Gasteiger partial charge in [-0.1, -0.05) is 0 Å². The summed E-state index contributed by atoms with van der Waals surface area (Å²) in [6.45, 7) is 4.87. The average molecular weight is 343 g/mol. The Morgan fingerprint density at radius 1 is 0.960 bits per heavy atom. The quantitative estimate of drug-likeness (QED) is 0.767. The second-order valence-corrected chi connectivity index (χ2v) is 4.71. The molecule has 0 radical (unpaired) electrons. The first-order valence-corrected chi connectivity index (χ1v) is 7.73. The van der Waals surface area contributed by atoms with Crippen molar-refractivity contribution in [1.29, 1.82) is 10.8 Å². The maximum Gasteiger partial charge on any atom is 0.255 e. The van der Waals surface area contributed by atoms with Gasteiger partial charge in [-0.05, 0) is 50.2 Å². The molecule has 2 aromatic carbocycles. The minimum atomic E-state index is -0.220. The summed E-state index contributed by atoms with van der Waals surface area (Å²) in [5.74, 6) is 1.77. The van der Waals surface area contributed by atoms with Crippen LogP contribution < -0.4 is 19.5 Å². The van der Waals surface area contributed by atoms with Crippen molar-refractivity contribution in [3.8, 4) is 17.2 Å². The fourth-order valence-corrected chi connectivity index (χ4v) is 2.08. The molecule has 1 amide bonds. The molecular weight excluding hydrogens is 322 g/mol. The van der Waals surface area contributed by atoms with Gasteiger partial charge in [0.25, 0.3) is 5.91 Å². The molecule has 0 fully saturated rings. The van der Waals surface area contributed by atoms with Crippen LogP contribution in [0.25, 0.3) is 0 Å². The lowest BCUT2D eigenvalue weighted by Crippen LogP contribution is -2.13. The van der Waals surface area contributed by atoms with Crippen LogP contribution in [-0.4, -0.2) is 26.2 Å². The molecule has 0 unspecified atom stereocenters. The highest BCUT2D eigenvalue weighted by Gasteiger charge is 2.11. The van der Waals surface area contributed by atoms with Crippen molar-refractivity contribution in [1.82, 2.24) is 0 Å². The van der Waals surface area contributed by atoms with Gasteiger partial charge in [0.15, 0.2) is 0 Å². The number of amides is 1. The first-order valence-electron chi connectivity index (χ1n) is 7.73. The van der Waals surface area contributed by atoms with Crippen LogP contribution in [0.2, 0.25) is 0 Å². The van der Waals surface area contributed by atoms with E-state index in [2.05, 4.69) is 5.32 Å². The molecular formula is C18H21N3O4. The van der Waals surface area contributed by atoms with Crippen molar-refractivity contribution >= 4 is 11.6 Å². The summed E-state index contributed by atoms with van der Waals surface area (Å²) in [7, 11) is 1.59. The summed E-state index contributed by atoms with van der Waals surface area (Å²) < 4.78 is 16.1. The van der Waals surface area contributed by atoms with E-state index in [1.807, 2.05) is 19.9 Å². The zero-order valence-corrected chi connectivity index (χ0v) is 14.5. The van der Waals surface area contributed by atoms with Crippen molar-refractivity contribution < 1.29 is 19.0 Å². The van der Waals surface area contributed by atoms with Gasteiger partial charge in [0, 0.05) is 22.4 Å². The molecule has 1 N–H and O–H groups in total. The maximum atomic E-state index is 12.4. The monoisotopic (exact) mass is 343 g/mol. The van der Waals surface area contributed by atoms with Crippen LogP contribution >= 0.6 is 0 Å². The summed E-state index contributed by atoms with van der Waals surface area (Å²) in [6, 6.07) is 12.3. The van der Waals surface area contributed by atoms with Crippen molar-refractivity contribution in [2.75, 3.05) is 25.6 Å². The average Bonchev–Trinajstić information content (AvgIpc) is 2.66. The highest BCUT2D eigenvalue weighted by molar-refractivity contribution is 6.05. The van der Waals surface area contributed by atoms with Gasteiger partial charge in [0.2, 0.25) is 0 Å². The van der Waals surface area contributed by atoms with Crippen LogP contribution in [0.3, 0.4) is 0 Å². The van der Waals surface area contributed by atoms with E-state index in [1.54, 1.807) is 43.5 Å². The number of ether oxygens (including phenoxy) is 3. The molecule has 0 aromatic heterocycles. The molecule has 0 heterocycles. The van der Waals surface area contributed by atoms with Crippen LogP contribution in [-0.2, 0) is 0 Å². The number of nitrogens with zero attached hydrogens (tertiary/aromatic N) is 2. The smallest absolute Gasteiger partial charge is 0.255 e. The van der Waals surface area contributed by atoms with Gasteiger partial charge >= 0.3 is 0 Å². The molecule has 25 heavy (non-hydrogen) atoms. The van der Waals surface area contributed by atoms with Crippen molar-refractivity contribution in [3.63, 3.8) is 0 Å². The fraction of sp³-hybridized carbons (Fsp3) is 0.278. The van der Waals surface area contributed by atoms with Crippen LogP contribution in [0, 0.1) is 10.8 Å². The number of hydrogen-bond donors (Lipinski definition) is 1. The van der Waals surface area contributed by atoms with Crippen molar-refractivity contribution in [3.05, 3.63) is 48.0 Å². The first-order chi connectivity index (χ1) is 12.2. The van der Waals surface area contributed by atoms with Gasteiger partial charge in [0.05, 0.1) is 26.0 Å². The Morgan fingerprint density at radius 3 is 2.12 bits per heavy atom. The Kier molecular flexibility index (Phi) is 8.30. The SMILES string of the molecule is CCOc1ccc(OCC)c(NC(=O)c2ccc(OC)cc2)c1.N#N. The fourth-order valence-electron chi connectivity index (χ4n) is 2.08. The molecule has 0 aliphatic rings. The van der Waals surface area contributed by atoms with E-state index in [1.165, 1.54) is 0 Å². The Labute approximate surface area is 146 Å². The number of carbonyl (C=O) groups excluding carboxylic acids is 1. The minimum Gasteiger partial charge on any atom is -0.497 e. The second kappa shape index (κ2) is 10.5. The van der Waals surface area contributed by atoms with Crippen LogP contribution in [0.1, 0.15) is 24.2 Å². The lowest BCUT2D eigenvalue weighted by molar-refractivity contribution is 0.102. The molecule has 7 heteroatoms. The highest BCUT2D eigenvalue weighted by Crippen LogP contribution is 2.30. The largest absolute Gasteiger partial charge is 0.497 e. The van der Waals surface area contributed by atoms with E-state index in [9.17, 15) is 4.79 Å². The van der Waals surface area contributed by atoms with Crippen molar-refractivity contribution in [2.24, 2.45) is 0 Å². The third-order valence-electron chi connectivity index (χ3n) is 3.16. The summed E-state index contributed by atoms with van der Waals surface area (Å²) in [6.07, 6.45) is 0. The van der Waals surface area contributed by atoms with Gasteiger partial charge < -0.3 is 19.5 Å². The molecule has 0 spiro atoms. The van der Waals surface area contributed by atoms with Gasteiger partial charge in [-0.25, -0.2) is 0 Å². The first kappa shape index (κ1) is 19.8. The van der Waals surface area contributed by atoms with Gasteiger partial charge in [-0.3, -0.25) is 4.79 Å². The molecule has 2 rings (SSSR count). The zero-order chi connectivity index (χ0) is 18.7. The van der Waals surface area contributed by atoms with E-state index >= 15 is 0 Å². The molecule has 0 bridgehead atoms. The van der Waals surface area contributed by atoms with Gasteiger partial charge in [-0.15, -0.1) is 0 Å². The summed E-state index contributed by atoms with van der Waals surface area (Å²) >= 11 is 0. The van der Waals surface area contributed by atoms with E-state index in [4.69, 9.17) is 25.0 Å². The Balaban J connectivity index is 0.00000151. The highest BCUT2D eigenvalue weighted by atomic mass is 16.5.